The number of nitrogens with zero attached hydrogens (tertiary/aromatic N) is 4. The molecule has 1 saturated heterocycles. The van der Waals surface area contributed by atoms with Gasteiger partial charge < -0.3 is 15.0 Å². The summed E-state index contributed by atoms with van der Waals surface area (Å²) in [6.45, 7) is 6.08. The van der Waals surface area contributed by atoms with Gasteiger partial charge in [0, 0.05) is 31.1 Å². The van der Waals surface area contributed by atoms with Crippen LogP contribution in [0.4, 0.5) is 10.7 Å². The van der Waals surface area contributed by atoms with Crippen LogP contribution in [0, 0.1) is 0 Å². The van der Waals surface area contributed by atoms with E-state index in [1.165, 1.54) is 16.6 Å². The number of carbonyl (C=O) groups is 2. The van der Waals surface area contributed by atoms with Gasteiger partial charge in [-0.05, 0) is 24.8 Å². The molecule has 1 fully saturated rings. The second-order valence-corrected chi connectivity index (χ2v) is 8.02. The van der Waals surface area contributed by atoms with Crippen LogP contribution in [0.3, 0.4) is 0 Å². The molecule has 0 aliphatic carbocycles. The minimum Gasteiger partial charge on any atom is -0.378 e. The van der Waals surface area contributed by atoms with Gasteiger partial charge in [0.15, 0.2) is 5.16 Å². The van der Waals surface area contributed by atoms with Crippen LogP contribution in [-0.2, 0) is 22.5 Å². The number of nitrogens with one attached hydrogen (secondary N) is 2. The van der Waals surface area contributed by atoms with E-state index in [-0.39, 0.29) is 11.7 Å². The first-order valence-corrected chi connectivity index (χ1v) is 11.0. The number of urea groups is 1. The molecule has 28 heavy (non-hydrogen) atoms. The van der Waals surface area contributed by atoms with Gasteiger partial charge in [-0.2, -0.15) is 0 Å². The first-order chi connectivity index (χ1) is 13.7. The molecule has 11 heteroatoms. The van der Waals surface area contributed by atoms with Crippen molar-refractivity contribution in [2.24, 2.45) is 0 Å². The van der Waals surface area contributed by atoms with Crippen molar-refractivity contribution in [1.82, 2.24) is 25.4 Å². The van der Waals surface area contributed by atoms with Crippen LogP contribution >= 0.6 is 23.1 Å². The molecule has 2 aromatic rings. The summed E-state index contributed by atoms with van der Waals surface area (Å²) in [4.78, 5) is 27.2. The van der Waals surface area contributed by atoms with E-state index in [0.717, 1.165) is 25.5 Å². The number of imide groups is 1. The van der Waals surface area contributed by atoms with Crippen molar-refractivity contribution in [3.8, 4) is 0 Å². The van der Waals surface area contributed by atoms with E-state index in [0.29, 0.717) is 31.5 Å². The Morgan fingerprint density at radius 3 is 2.86 bits per heavy atom. The van der Waals surface area contributed by atoms with E-state index in [1.54, 1.807) is 11.3 Å². The largest absolute Gasteiger partial charge is 0.378 e. The third-order valence-electron chi connectivity index (χ3n) is 4.13. The lowest BCUT2D eigenvalue weighted by Gasteiger charge is -2.27. The van der Waals surface area contributed by atoms with Gasteiger partial charge in [0.25, 0.3) is 0 Å². The lowest BCUT2D eigenvalue weighted by atomic mass is 10.3. The van der Waals surface area contributed by atoms with Gasteiger partial charge in [0.05, 0.1) is 19.0 Å². The van der Waals surface area contributed by atoms with Crippen molar-refractivity contribution in [2.45, 2.75) is 25.0 Å². The zero-order valence-electron chi connectivity index (χ0n) is 15.7. The summed E-state index contributed by atoms with van der Waals surface area (Å²) >= 11 is 2.91. The first kappa shape index (κ1) is 20.6. The summed E-state index contributed by atoms with van der Waals surface area (Å²) in [5, 5.41) is 16.2. The number of morpholine rings is 1. The van der Waals surface area contributed by atoms with Gasteiger partial charge in [-0.3, -0.25) is 14.7 Å². The summed E-state index contributed by atoms with van der Waals surface area (Å²) in [7, 11) is 0. The molecule has 9 nitrogen and oxygen atoms in total. The van der Waals surface area contributed by atoms with Crippen LogP contribution < -0.4 is 15.5 Å². The molecule has 152 valence electrons. The maximum atomic E-state index is 12.1. The van der Waals surface area contributed by atoms with E-state index in [9.17, 15) is 9.59 Å². The van der Waals surface area contributed by atoms with Gasteiger partial charge in [-0.25, -0.2) is 4.79 Å². The second kappa shape index (κ2) is 10.4. The van der Waals surface area contributed by atoms with Gasteiger partial charge >= 0.3 is 6.03 Å². The number of hydrogen-bond acceptors (Lipinski definition) is 8. The Morgan fingerprint density at radius 2 is 2.14 bits per heavy atom. The average molecular weight is 425 g/mol. The normalized spacial score (nSPS) is 14.1. The number of thiophene rings is 1. The molecule has 0 atom stereocenters. The Labute approximate surface area is 171 Å². The second-order valence-electron chi connectivity index (χ2n) is 6.05. The number of anilines is 1. The third-order valence-corrected chi connectivity index (χ3v) is 6.03. The van der Waals surface area contributed by atoms with Crippen molar-refractivity contribution < 1.29 is 14.3 Å². The molecule has 0 unspecified atom stereocenters. The van der Waals surface area contributed by atoms with Crippen molar-refractivity contribution in [3.05, 3.63) is 22.4 Å². The Kier molecular flexibility index (Phi) is 7.69. The van der Waals surface area contributed by atoms with Crippen LogP contribution in [-0.4, -0.2) is 65.3 Å². The Balaban J connectivity index is 1.43. The fraction of sp³-hybridized carbons (Fsp3) is 0.529. The Bertz CT molecular complexity index is 774. The molecule has 3 rings (SSSR count). The van der Waals surface area contributed by atoms with E-state index < -0.39 is 6.03 Å². The number of aromatic nitrogens is 3. The number of rotatable bonds is 8. The number of carbonyl (C=O) groups excluding carboxylic acids is 2. The summed E-state index contributed by atoms with van der Waals surface area (Å²) < 4.78 is 7.35. The number of hydrogen-bond donors (Lipinski definition) is 2. The van der Waals surface area contributed by atoms with E-state index in [2.05, 4.69) is 25.7 Å². The SMILES string of the molecule is CCn1c(SCC(=O)NC(=O)NCCc2cccs2)nnc1N1CCOCC1. The number of thioether (sulfide) groups is 1. The maximum Gasteiger partial charge on any atom is 0.321 e. The molecule has 3 heterocycles. The topological polar surface area (TPSA) is 101 Å². The van der Waals surface area contributed by atoms with Crippen LogP contribution in [0.25, 0.3) is 0 Å². The monoisotopic (exact) mass is 424 g/mol. The summed E-state index contributed by atoms with van der Waals surface area (Å²) in [6.07, 6.45) is 0.748. The highest BCUT2D eigenvalue weighted by Crippen LogP contribution is 2.22. The van der Waals surface area contributed by atoms with Crippen molar-refractivity contribution in [3.63, 3.8) is 0 Å². The summed E-state index contributed by atoms with van der Waals surface area (Å²) in [5.74, 6) is 0.525. The Hall–Kier alpha value is -2.11. The molecule has 0 radical (unpaired) electrons. The maximum absolute atomic E-state index is 12.1. The van der Waals surface area contributed by atoms with Gasteiger partial charge in [0.2, 0.25) is 11.9 Å². The minimum absolute atomic E-state index is 0.0968. The molecule has 2 aromatic heterocycles. The minimum atomic E-state index is -0.479. The summed E-state index contributed by atoms with van der Waals surface area (Å²) in [5.41, 5.74) is 0. The van der Waals surface area contributed by atoms with E-state index in [4.69, 9.17) is 4.74 Å². The predicted molar refractivity (Wildman–Crippen MR) is 109 cm³/mol. The predicted octanol–water partition coefficient (Wildman–Crippen LogP) is 1.36. The third kappa shape index (κ3) is 5.69. The number of amides is 3. The quantitative estimate of drug-likeness (QED) is 0.617. The first-order valence-electron chi connectivity index (χ1n) is 9.16. The van der Waals surface area contributed by atoms with Crippen LogP contribution in [0.1, 0.15) is 11.8 Å². The van der Waals surface area contributed by atoms with Crippen LogP contribution in [0.5, 0.6) is 0 Å². The highest BCUT2D eigenvalue weighted by molar-refractivity contribution is 7.99. The molecule has 1 aliphatic rings. The van der Waals surface area contributed by atoms with Crippen LogP contribution in [0.2, 0.25) is 0 Å². The lowest BCUT2D eigenvalue weighted by molar-refractivity contribution is -0.117. The average Bonchev–Trinajstić information content (AvgIpc) is 3.36. The molecule has 1 aliphatic heterocycles. The summed E-state index contributed by atoms with van der Waals surface area (Å²) in [6, 6.07) is 3.51. The standard InChI is InChI=1S/C17H24N6O3S2/c1-2-23-16(22-7-9-26-10-8-22)20-21-17(23)28-12-14(24)19-15(25)18-6-5-13-4-3-11-27-13/h3-4,11H,2,5-10,12H2,1H3,(H2,18,19,24,25). The molecule has 0 aromatic carbocycles. The van der Waals surface area contributed by atoms with Gasteiger partial charge in [-0.15, -0.1) is 21.5 Å². The van der Waals surface area contributed by atoms with E-state index in [1.807, 2.05) is 29.0 Å². The van der Waals surface area contributed by atoms with Crippen LogP contribution in [0.15, 0.2) is 22.7 Å². The van der Waals surface area contributed by atoms with Gasteiger partial charge in [0.1, 0.15) is 0 Å². The van der Waals surface area contributed by atoms with Crippen molar-refractivity contribution >= 4 is 41.0 Å². The molecule has 0 saturated carbocycles. The van der Waals surface area contributed by atoms with Gasteiger partial charge in [-0.1, -0.05) is 17.8 Å². The molecular formula is C17H24N6O3S2. The highest BCUT2D eigenvalue weighted by atomic mass is 32.2. The Morgan fingerprint density at radius 1 is 1.32 bits per heavy atom. The number of ether oxygens (including phenoxy) is 1. The molecule has 3 amide bonds. The van der Waals surface area contributed by atoms with E-state index >= 15 is 0 Å². The molecule has 0 spiro atoms. The fourth-order valence-corrected chi connectivity index (χ4v) is 4.26. The fourth-order valence-electron chi connectivity index (χ4n) is 2.75. The van der Waals surface area contributed by atoms with Crippen molar-refractivity contribution in [1.29, 1.82) is 0 Å². The molecular weight excluding hydrogens is 400 g/mol. The zero-order chi connectivity index (χ0) is 19.8. The lowest BCUT2D eigenvalue weighted by Crippen LogP contribution is -2.41. The van der Waals surface area contributed by atoms with Crippen molar-refractivity contribution in [2.75, 3.05) is 43.5 Å². The smallest absolute Gasteiger partial charge is 0.321 e. The highest BCUT2D eigenvalue weighted by Gasteiger charge is 2.20. The molecule has 2 N–H and O–H groups in total. The zero-order valence-corrected chi connectivity index (χ0v) is 17.4. The molecule has 0 bridgehead atoms.